The van der Waals surface area contributed by atoms with Crippen molar-refractivity contribution >= 4 is 11.9 Å². The van der Waals surface area contributed by atoms with Gasteiger partial charge in [-0.25, -0.2) is 9.97 Å². The summed E-state index contributed by atoms with van der Waals surface area (Å²) in [6.45, 7) is 7.60. The second-order valence-electron chi connectivity index (χ2n) is 8.38. The Labute approximate surface area is 144 Å². The molecule has 0 spiro atoms. The smallest absolute Gasteiger partial charge is 0.225 e. The summed E-state index contributed by atoms with van der Waals surface area (Å²) in [5.41, 5.74) is 1.06. The van der Waals surface area contributed by atoms with Crippen molar-refractivity contribution in [2.45, 2.75) is 65.0 Å². The van der Waals surface area contributed by atoms with Crippen molar-refractivity contribution in [3.63, 3.8) is 0 Å². The van der Waals surface area contributed by atoms with Gasteiger partial charge in [0, 0.05) is 47.8 Å². The fraction of sp³-hybridized carbons (Fsp3) is 0.737. The van der Waals surface area contributed by atoms with Crippen molar-refractivity contribution in [3.05, 3.63) is 18.0 Å². The van der Waals surface area contributed by atoms with Crippen LogP contribution in [-0.2, 0) is 4.79 Å². The first-order valence-corrected chi connectivity index (χ1v) is 9.35. The number of hydrogen-bond acceptors (Lipinski definition) is 4. The average Bonchev–Trinajstić information content (AvgIpc) is 2.50. The topological polar surface area (TPSA) is 58.1 Å². The molecule has 1 N–H and O–H groups in total. The third-order valence-corrected chi connectivity index (χ3v) is 6.48. The average molecular weight is 328 g/mol. The quantitative estimate of drug-likeness (QED) is 0.927. The maximum atomic E-state index is 12.4. The van der Waals surface area contributed by atoms with E-state index in [1.54, 1.807) is 0 Å². The number of nitrogens with zero attached hydrogens (tertiary/aromatic N) is 3. The maximum Gasteiger partial charge on any atom is 0.225 e. The molecular weight excluding hydrogens is 300 g/mol. The summed E-state index contributed by atoms with van der Waals surface area (Å²) in [6, 6.07) is 2.64. The molecule has 1 aliphatic heterocycles. The van der Waals surface area contributed by atoms with Crippen molar-refractivity contribution in [3.8, 4) is 0 Å². The van der Waals surface area contributed by atoms with Gasteiger partial charge in [-0.05, 0) is 38.7 Å². The molecule has 130 valence electrons. The van der Waals surface area contributed by atoms with Crippen LogP contribution in [0.4, 0.5) is 5.95 Å². The standard InChI is InChI=1S/C19H28N4O/c1-12-9-10-20-18(21-12)23-11-5-8-14-15(19(2,3)16(14)23)22-17(24)13-6-4-7-13/h9-10,13-16H,4-8,11H2,1-3H3,(H,22,24). The minimum atomic E-state index is 0.0532. The fourth-order valence-electron chi connectivity index (χ4n) is 4.98. The van der Waals surface area contributed by atoms with Gasteiger partial charge in [0.15, 0.2) is 0 Å². The van der Waals surface area contributed by atoms with Crippen LogP contribution in [0.3, 0.4) is 0 Å². The molecule has 5 heteroatoms. The predicted octanol–water partition coefficient (Wildman–Crippen LogP) is 2.69. The lowest BCUT2D eigenvalue weighted by molar-refractivity contribution is -0.134. The van der Waals surface area contributed by atoms with E-state index in [0.717, 1.165) is 37.4 Å². The number of carbonyl (C=O) groups excluding carboxylic acids is 1. The minimum absolute atomic E-state index is 0.0532. The highest BCUT2D eigenvalue weighted by Crippen LogP contribution is 2.53. The van der Waals surface area contributed by atoms with Gasteiger partial charge in [-0.15, -0.1) is 0 Å². The van der Waals surface area contributed by atoms with Gasteiger partial charge < -0.3 is 10.2 Å². The number of nitrogens with one attached hydrogen (secondary N) is 1. The molecule has 4 rings (SSSR count). The van der Waals surface area contributed by atoms with E-state index in [4.69, 9.17) is 0 Å². The Bertz CT molecular complexity index is 640. The van der Waals surface area contributed by atoms with Crippen molar-refractivity contribution < 1.29 is 4.79 Å². The number of carbonyl (C=O) groups is 1. The van der Waals surface area contributed by atoms with Crippen LogP contribution < -0.4 is 10.2 Å². The zero-order valence-electron chi connectivity index (χ0n) is 15.0. The molecule has 2 aliphatic carbocycles. The lowest BCUT2D eigenvalue weighted by atomic mass is 9.52. The number of anilines is 1. The Balaban J connectivity index is 1.53. The van der Waals surface area contributed by atoms with E-state index in [1.165, 1.54) is 12.8 Å². The van der Waals surface area contributed by atoms with Crippen molar-refractivity contribution in [1.29, 1.82) is 0 Å². The highest BCUT2D eigenvalue weighted by molar-refractivity contribution is 5.80. The van der Waals surface area contributed by atoms with Gasteiger partial charge in [-0.3, -0.25) is 4.79 Å². The molecule has 3 unspecified atom stereocenters. The monoisotopic (exact) mass is 328 g/mol. The second kappa shape index (κ2) is 5.71. The van der Waals surface area contributed by atoms with E-state index in [1.807, 2.05) is 19.2 Å². The molecule has 0 radical (unpaired) electrons. The number of rotatable bonds is 3. The highest BCUT2D eigenvalue weighted by Gasteiger charge is 2.60. The van der Waals surface area contributed by atoms with Gasteiger partial charge in [-0.2, -0.15) is 0 Å². The number of aromatic nitrogens is 2. The first-order valence-electron chi connectivity index (χ1n) is 9.35. The number of aryl methyl sites for hydroxylation is 1. The number of amides is 1. The molecule has 1 aromatic rings. The molecule has 24 heavy (non-hydrogen) atoms. The summed E-state index contributed by atoms with van der Waals surface area (Å²) in [5, 5.41) is 3.38. The van der Waals surface area contributed by atoms with E-state index < -0.39 is 0 Å². The minimum Gasteiger partial charge on any atom is -0.352 e. The van der Waals surface area contributed by atoms with Crippen LogP contribution >= 0.6 is 0 Å². The van der Waals surface area contributed by atoms with E-state index in [0.29, 0.717) is 12.0 Å². The molecule has 0 aromatic carbocycles. The molecule has 1 aromatic heterocycles. The lowest BCUT2D eigenvalue weighted by Gasteiger charge is -2.64. The zero-order chi connectivity index (χ0) is 16.9. The lowest BCUT2D eigenvalue weighted by Crippen LogP contribution is -2.75. The molecular formula is C19H28N4O. The van der Waals surface area contributed by atoms with Gasteiger partial charge in [-0.1, -0.05) is 20.3 Å². The largest absolute Gasteiger partial charge is 0.352 e. The van der Waals surface area contributed by atoms with Crippen LogP contribution in [-0.4, -0.2) is 34.5 Å². The van der Waals surface area contributed by atoms with Crippen molar-refractivity contribution in [2.75, 3.05) is 11.4 Å². The van der Waals surface area contributed by atoms with Gasteiger partial charge in [0.25, 0.3) is 0 Å². The Hall–Kier alpha value is -1.65. The van der Waals surface area contributed by atoms with E-state index in [2.05, 4.69) is 34.0 Å². The van der Waals surface area contributed by atoms with E-state index in [-0.39, 0.29) is 23.3 Å². The fourth-order valence-corrected chi connectivity index (χ4v) is 4.98. The molecule has 5 nitrogen and oxygen atoms in total. The molecule has 3 atom stereocenters. The van der Waals surface area contributed by atoms with Gasteiger partial charge in [0.2, 0.25) is 11.9 Å². The number of piperidine rings is 1. The van der Waals surface area contributed by atoms with E-state index in [9.17, 15) is 4.79 Å². The summed E-state index contributed by atoms with van der Waals surface area (Å²) in [4.78, 5) is 24.0. The Morgan fingerprint density at radius 1 is 1.29 bits per heavy atom. The van der Waals surface area contributed by atoms with E-state index >= 15 is 0 Å². The molecule has 1 amide bonds. The van der Waals surface area contributed by atoms with Crippen LogP contribution in [0.5, 0.6) is 0 Å². The first kappa shape index (κ1) is 15.9. The van der Waals surface area contributed by atoms with Gasteiger partial charge in [0.05, 0.1) is 0 Å². The SMILES string of the molecule is Cc1ccnc(N2CCCC3C(NC(=O)C4CCC4)C(C)(C)C32)n1. The van der Waals surface area contributed by atoms with Crippen molar-refractivity contribution in [1.82, 2.24) is 15.3 Å². The van der Waals surface area contributed by atoms with Crippen molar-refractivity contribution in [2.24, 2.45) is 17.3 Å². The van der Waals surface area contributed by atoms with Crippen LogP contribution in [0, 0.1) is 24.2 Å². The summed E-state index contributed by atoms with van der Waals surface area (Å²) < 4.78 is 0. The van der Waals surface area contributed by atoms with Gasteiger partial charge >= 0.3 is 0 Å². The highest BCUT2D eigenvalue weighted by atomic mass is 16.2. The molecule has 2 heterocycles. The number of hydrogen-bond donors (Lipinski definition) is 1. The summed E-state index contributed by atoms with van der Waals surface area (Å²) in [6.07, 6.45) is 7.52. The Morgan fingerprint density at radius 3 is 2.75 bits per heavy atom. The number of fused-ring (bicyclic) bond motifs is 1. The zero-order valence-corrected chi connectivity index (χ0v) is 15.0. The summed E-state index contributed by atoms with van der Waals surface area (Å²) in [7, 11) is 0. The van der Waals surface area contributed by atoms with Crippen LogP contribution in [0.2, 0.25) is 0 Å². The third-order valence-electron chi connectivity index (χ3n) is 6.48. The Kier molecular flexibility index (Phi) is 3.77. The molecule has 3 fully saturated rings. The first-order chi connectivity index (χ1) is 11.5. The second-order valence-corrected chi connectivity index (χ2v) is 8.38. The molecule has 1 saturated heterocycles. The van der Waals surface area contributed by atoms with Gasteiger partial charge in [0.1, 0.15) is 0 Å². The maximum absolute atomic E-state index is 12.4. The van der Waals surface area contributed by atoms with Crippen LogP contribution in [0.1, 0.15) is 51.6 Å². The molecule has 2 saturated carbocycles. The van der Waals surface area contributed by atoms with Crippen LogP contribution in [0.25, 0.3) is 0 Å². The molecule has 3 aliphatic rings. The summed E-state index contributed by atoms with van der Waals surface area (Å²) >= 11 is 0. The van der Waals surface area contributed by atoms with Crippen LogP contribution in [0.15, 0.2) is 12.3 Å². The molecule has 0 bridgehead atoms. The Morgan fingerprint density at radius 2 is 2.08 bits per heavy atom. The normalized spacial score (nSPS) is 31.6. The summed E-state index contributed by atoms with van der Waals surface area (Å²) in [5.74, 6) is 1.91. The predicted molar refractivity (Wildman–Crippen MR) is 93.7 cm³/mol. The third kappa shape index (κ3) is 2.40.